The zero-order valence-corrected chi connectivity index (χ0v) is 24.3. The Morgan fingerprint density at radius 2 is 1.90 bits per heavy atom. The fraction of sp³-hybridized carbons (Fsp3) is 0.515. The van der Waals surface area contributed by atoms with E-state index in [1.54, 1.807) is 0 Å². The lowest BCUT2D eigenvalue weighted by molar-refractivity contribution is -0.138. The summed E-state index contributed by atoms with van der Waals surface area (Å²) in [6.45, 7) is 6.89. The molecule has 0 aromatic heterocycles. The van der Waals surface area contributed by atoms with Gasteiger partial charge in [-0.3, -0.25) is 9.59 Å². The maximum atomic E-state index is 13.8. The normalized spacial score (nSPS) is 27.4. The summed E-state index contributed by atoms with van der Waals surface area (Å²) in [4.78, 5) is 29.9. The van der Waals surface area contributed by atoms with Crippen LogP contribution in [-0.4, -0.2) is 60.0 Å². The first-order chi connectivity index (χ1) is 19.9. The SMILES string of the molecule is CC(=O)Oc1ccc2c3c1C[C@@H]1[C@@H]4CC[C@H](N(CC(C)C)C(=O)C#Cc5ccc(C(F)(F)F)cc5)[C@H](O2)[C@]34CCN1C. The van der Waals surface area contributed by atoms with E-state index in [9.17, 15) is 22.8 Å². The lowest BCUT2D eigenvalue weighted by Gasteiger charge is -2.60. The van der Waals surface area contributed by atoms with Gasteiger partial charge in [0.1, 0.15) is 17.6 Å². The number of likely N-dealkylation sites (tertiary alicyclic amines) is 1. The molecule has 2 heterocycles. The van der Waals surface area contributed by atoms with E-state index in [0.29, 0.717) is 23.8 Å². The Bertz CT molecular complexity index is 1480. The van der Waals surface area contributed by atoms with Crippen molar-refractivity contribution in [3.8, 4) is 23.3 Å². The van der Waals surface area contributed by atoms with Crippen molar-refractivity contribution in [1.29, 1.82) is 0 Å². The predicted molar refractivity (Wildman–Crippen MR) is 150 cm³/mol. The maximum Gasteiger partial charge on any atom is 0.416 e. The van der Waals surface area contributed by atoms with Gasteiger partial charge in [0.05, 0.1) is 11.6 Å². The van der Waals surface area contributed by atoms with E-state index in [4.69, 9.17) is 9.47 Å². The molecule has 4 aliphatic rings. The molecule has 1 saturated heterocycles. The van der Waals surface area contributed by atoms with Gasteiger partial charge >= 0.3 is 12.1 Å². The van der Waals surface area contributed by atoms with E-state index in [1.807, 2.05) is 30.9 Å². The second-order valence-electron chi connectivity index (χ2n) is 12.5. The van der Waals surface area contributed by atoms with Crippen LogP contribution in [0.3, 0.4) is 0 Å². The molecule has 0 N–H and O–H groups in total. The molecule has 2 aromatic carbocycles. The van der Waals surface area contributed by atoms with Gasteiger partial charge in [-0.25, -0.2) is 0 Å². The maximum absolute atomic E-state index is 13.8. The van der Waals surface area contributed by atoms with Crippen molar-refractivity contribution < 1.29 is 32.2 Å². The molecular formula is C33H35F3N2O4. The molecule has 1 saturated carbocycles. The minimum absolute atomic E-state index is 0.170. The highest BCUT2D eigenvalue weighted by molar-refractivity contribution is 5.94. The Morgan fingerprint density at radius 3 is 2.57 bits per heavy atom. The van der Waals surface area contributed by atoms with Crippen molar-refractivity contribution >= 4 is 11.9 Å². The van der Waals surface area contributed by atoms with Gasteiger partial charge in [0.25, 0.3) is 5.91 Å². The van der Waals surface area contributed by atoms with E-state index in [-0.39, 0.29) is 41.4 Å². The smallest absolute Gasteiger partial charge is 0.416 e. The number of halogens is 3. The number of likely N-dealkylation sites (N-methyl/N-ethyl adjacent to an activating group) is 1. The number of carbonyl (C=O) groups excluding carboxylic acids is 2. The third kappa shape index (κ3) is 4.64. The van der Waals surface area contributed by atoms with Crippen LogP contribution in [-0.2, 0) is 27.6 Å². The minimum Gasteiger partial charge on any atom is -0.487 e. The molecule has 5 atom stereocenters. The molecule has 6 rings (SSSR count). The molecule has 6 nitrogen and oxygen atoms in total. The van der Waals surface area contributed by atoms with Crippen LogP contribution in [0.2, 0.25) is 0 Å². The van der Waals surface area contributed by atoms with Crippen molar-refractivity contribution in [2.24, 2.45) is 11.8 Å². The predicted octanol–water partition coefficient (Wildman–Crippen LogP) is 5.20. The van der Waals surface area contributed by atoms with Crippen molar-refractivity contribution in [3.05, 3.63) is 58.7 Å². The molecule has 0 unspecified atom stereocenters. The van der Waals surface area contributed by atoms with Gasteiger partial charge in [0, 0.05) is 47.5 Å². The number of hydrogen-bond donors (Lipinski definition) is 0. The van der Waals surface area contributed by atoms with Crippen LogP contribution >= 0.6 is 0 Å². The number of esters is 1. The van der Waals surface area contributed by atoms with Gasteiger partial charge in [-0.05, 0) is 87.5 Å². The molecule has 1 amide bonds. The highest BCUT2D eigenvalue weighted by atomic mass is 19.4. The van der Waals surface area contributed by atoms with Gasteiger partial charge in [0.15, 0.2) is 0 Å². The standard InChI is InChI=1S/C33H35F3N2O4/c1-19(2)18-38(29(40)14-7-21-5-8-22(9-6-21)33(34,35)36)25-11-10-24-26-17-23-27(41-20(3)39)12-13-28-30(23)32(24,31(25)42-28)15-16-37(26)4/h5-6,8-9,12-13,19,24-26,31H,10-11,15-18H2,1-4H3/t24-,25-,26+,31-,32-/m0/s1. The number of benzene rings is 2. The van der Waals surface area contributed by atoms with E-state index in [1.165, 1.54) is 19.1 Å². The Balaban J connectivity index is 1.36. The number of nitrogens with zero attached hydrogens (tertiary/aromatic N) is 2. The molecule has 2 bridgehead atoms. The van der Waals surface area contributed by atoms with Crippen LogP contribution < -0.4 is 9.47 Å². The van der Waals surface area contributed by atoms with E-state index < -0.39 is 11.7 Å². The second kappa shape index (κ2) is 10.3. The van der Waals surface area contributed by atoms with Gasteiger partial charge in [0.2, 0.25) is 0 Å². The zero-order valence-electron chi connectivity index (χ0n) is 24.3. The van der Waals surface area contributed by atoms with Crippen LogP contribution in [0.25, 0.3) is 0 Å². The molecule has 9 heteroatoms. The molecule has 0 radical (unpaired) electrons. The average molecular weight is 581 g/mol. The van der Waals surface area contributed by atoms with Crippen molar-refractivity contribution in [2.45, 2.75) is 76.2 Å². The molecule has 222 valence electrons. The van der Waals surface area contributed by atoms with Crippen LogP contribution in [0.4, 0.5) is 13.2 Å². The summed E-state index contributed by atoms with van der Waals surface area (Å²) in [5.74, 6) is 6.70. The van der Waals surface area contributed by atoms with Gasteiger partial charge < -0.3 is 19.3 Å². The summed E-state index contributed by atoms with van der Waals surface area (Å²) in [6, 6.07) is 8.31. The third-order valence-electron chi connectivity index (χ3n) is 9.57. The Kier molecular flexibility index (Phi) is 7.04. The average Bonchev–Trinajstić information content (AvgIpc) is 3.26. The monoisotopic (exact) mass is 580 g/mol. The first-order valence-electron chi connectivity index (χ1n) is 14.6. The molecule has 1 spiro atoms. The van der Waals surface area contributed by atoms with E-state index in [2.05, 4.69) is 23.8 Å². The fourth-order valence-electron chi connectivity index (χ4n) is 7.98. The van der Waals surface area contributed by atoms with Crippen molar-refractivity contribution in [2.75, 3.05) is 20.1 Å². The second-order valence-corrected chi connectivity index (χ2v) is 12.5. The van der Waals surface area contributed by atoms with Crippen LogP contribution in [0, 0.1) is 23.7 Å². The molecule has 42 heavy (non-hydrogen) atoms. The third-order valence-corrected chi connectivity index (χ3v) is 9.57. The fourth-order valence-corrected chi connectivity index (χ4v) is 7.98. The van der Waals surface area contributed by atoms with Crippen molar-refractivity contribution in [1.82, 2.24) is 9.80 Å². The highest BCUT2D eigenvalue weighted by Gasteiger charge is 2.66. The molecule has 2 aliphatic carbocycles. The highest BCUT2D eigenvalue weighted by Crippen LogP contribution is 2.63. The molecule has 2 aromatic rings. The van der Waals surface area contributed by atoms with E-state index >= 15 is 0 Å². The molecule has 2 fully saturated rings. The van der Waals surface area contributed by atoms with Gasteiger partial charge in [-0.1, -0.05) is 19.8 Å². The van der Waals surface area contributed by atoms with Crippen LogP contribution in [0.15, 0.2) is 36.4 Å². The number of carbonyl (C=O) groups is 2. The minimum atomic E-state index is -4.43. The quantitative estimate of drug-likeness (QED) is 0.283. The summed E-state index contributed by atoms with van der Waals surface area (Å²) >= 11 is 0. The molecular weight excluding hydrogens is 545 g/mol. The lowest BCUT2D eigenvalue weighted by atomic mass is 9.51. The Labute approximate surface area is 244 Å². The zero-order chi connectivity index (χ0) is 30.0. The van der Waals surface area contributed by atoms with Gasteiger partial charge in [-0.2, -0.15) is 13.2 Å². The lowest BCUT2D eigenvalue weighted by Crippen LogP contribution is -2.68. The first-order valence-corrected chi connectivity index (χ1v) is 14.6. The number of alkyl halides is 3. The summed E-state index contributed by atoms with van der Waals surface area (Å²) < 4.78 is 51.4. The first kappa shape index (κ1) is 28.6. The van der Waals surface area contributed by atoms with Crippen molar-refractivity contribution in [3.63, 3.8) is 0 Å². The Morgan fingerprint density at radius 1 is 1.17 bits per heavy atom. The molecule has 2 aliphatic heterocycles. The summed E-state index contributed by atoms with van der Waals surface area (Å²) in [6.07, 6.45) is -1.37. The number of ether oxygens (including phenoxy) is 2. The van der Waals surface area contributed by atoms with Crippen LogP contribution in [0.5, 0.6) is 11.5 Å². The Hall–Kier alpha value is -3.51. The van der Waals surface area contributed by atoms with E-state index in [0.717, 1.165) is 61.2 Å². The summed E-state index contributed by atoms with van der Waals surface area (Å²) in [7, 11) is 2.15. The van der Waals surface area contributed by atoms with Gasteiger partial charge in [-0.15, -0.1) is 0 Å². The summed E-state index contributed by atoms with van der Waals surface area (Å²) in [5.41, 5.74) is 1.45. The number of amides is 1. The number of rotatable bonds is 4. The number of hydrogen-bond acceptors (Lipinski definition) is 5. The topological polar surface area (TPSA) is 59.1 Å². The largest absolute Gasteiger partial charge is 0.487 e. The summed E-state index contributed by atoms with van der Waals surface area (Å²) in [5, 5.41) is 0. The van der Waals surface area contributed by atoms with Crippen LogP contribution in [0.1, 0.15) is 62.3 Å². The number of piperidine rings is 1.